The SMILES string of the molecule is CCOC(=O)c1sc2ncnc(N[C@H](c3ccccc3)C3CC3)c2c1C. The Kier molecular flexibility index (Phi) is 4.59. The molecule has 0 bridgehead atoms. The van der Waals surface area contributed by atoms with Crippen molar-refractivity contribution in [2.75, 3.05) is 11.9 Å². The molecule has 0 amide bonds. The van der Waals surface area contributed by atoms with Crippen molar-refractivity contribution >= 4 is 33.3 Å². The number of ether oxygens (including phenoxy) is 1. The predicted octanol–water partition coefficient (Wildman–Crippen LogP) is 4.74. The molecule has 134 valence electrons. The average Bonchev–Trinajstić information content (AvgIpc) is 3.44. The second-order valence-electron chi connectivity index (χ2n) is 6.55. The number of hydrogen-bond donors (Lipinski definition) is 1. The number of esters is 1. The number of benzene rings is 1. The molecule has 0 radical (unpaired) electrons. The van der Waals surface area contributed by atoms with Crippen LogP contribution in [0.15, 0.2) is 36.7 Å². The fraction of sp³-hybridized carbons (Fsp3) is 0.350. The van der Waals surface area contributed by atoms with E-state index < -0.39 is 0 Å². The maximum absolute atomic E-state index is 12.2. The Morgan fingerprint density at radius 1 is 1.31 bits per heavy atom. The summed E-state index contributed by atoms with van der Waals surface area (Å²) in [6.07, 6.45) is 4.00. The lowest BCUT2D eigenvalue weighted by Gasteiger charge is -2.20. The molecular formula is C20H21N3O2S. The number of aromatic nitrogens is 2. The molecule has 0 unspecified atom stereocenters. The van der Waals surface area contributed by atoms with Crippen LogP contribution >= 0.6 is 11.3 Å². The lowest BCUT2D eigenvalue weighted by atomic mass is 10.0. The van der Waals surface area contributed by atoms with Gasteiger partial charge in [-0.15, -0.1) is 11.3 Å². The molecule has 0 saturated heterocycles. The van der Waals surface area contributed by atoms with Crippen LogP contribution < -0.4 is 5.32 Å². The molecule has 1 fully saturated rings. The minimum Gasteiger partial charge on any atom is -0.462 e. The molecular weight excluding hydrogens is 346 g/mol. The highest BCUT2D eigenvalue weighted by Crippen LogP contribution is 2.44. The lowest BCUT2D eigenvalue weighted by Crippen LogP contribution is -2.14. The molecule has 6 heteroatoms. The van der Waals surface area contributed by atoms with Crippen LogP contribution in [0.2, 0.25) is 0 Å². The van der Waals surface area contributed by atoms with E-state index in [9.17, 15) is 4.79 Å². The first kappa shape index (κ1) is 17.0. The Hall–Kier alpha value is -2.47. The fourth-order valence-electron chi connectivity index (χ4n) is 3.28. The van der Waals surface area contributed by atoms with Crippen molar-refractivity contribution in [3.63, 3.8) is 0 Å². The Bertz CT molecular complexity index is 935. The summed E-state index contributed by atoms with van der Waals surface area (Å²) in [7, 11) is 0. The second-order valence-corrected chi connectivity index (χ2v) is 7.55. The number of thiophene rings is 1. The zero-order valence-corrected chi connectivity index (χ0v) is 15.7. The minimum absolute atomic E-state index is 0.222. The standard InChI is InChI=1S/C20H21N3O2S/c1-3-25-20(24)17-12(2)15-18(21-11-22-19(15)26-17)23-16(14-9-10-14)13-7-5-4-6-8-13/h4-8,11,14,16H,3,9-10H2,1-2H3,(H,21,22,23)/t16-/m1/s1. The van der Waals surface area contributed by atoms with Crippen LogP contribution in [-0.4, -0.2) is 22.5 Å². The fourth-order valence-corrected chi connectivity index (χ4v) is 4.33. The molecule has 1 aliphatic carbocycles. The predicted molar refractivity (Wildman–Crippen MR) is 104 cm³/mol. The Morgan fingerprint density at radius 3 is 2.77 bits per heavy atom. The smallest absolute Gasteiger partial charge is 0.348 e. The van der Waals surface area contributed by atoms with E-state index >= 15 is 0 Å². The molecule has 5 nitrogen and oxygen atoms in total. The van der Waals surface area contributed by atoms with E-state index in [4.69, 9.17) is 4.74 Å². The number of carbonyl (C=O) groups is 1. The van der Waals surface area contributed by atoms with Crippen molar-refractivity contribution in [3.8, 4) is 0 Å². The average molecular weight is 367 g/mol. The van der Waals surface area contributed by atoms with Gasteiger partial charge < -0.3 is 10.1 Å². The summed E-state index contributed by atoms with van der Waals surface area (Å²) in [4.78, 5) is 22.5. The van der Waals surface area contributed by atoms with E-state index in [1.165, 1.54) is 29.7 Å². The molecule has 1 aromatic carbocycles. The minimum atomic E-state index is -0.291. The normalized spacial score (nSPS) is 15.0. The van der Waals surface area contributed by atoms with E-state index in [1.54, 1.807) is 6.33 Å². The van der Waals surface area contributed by atoms with E-state index in [0.717, 1.165) is 21.6 Å². The summed E-state index contributed by atoms with van der Waals surface area (Å²) in [6, 6.07) is 10.7. The lowest BCUT2D eigenvalue weighted by molar-refractivity contribution is 0.0531. The molecule has 1 atom stereocenters. The number of rotatable bonds is 6. The van der Waals surface area contributed by atoms with E-state index in [-0.39, 0.29) is 12.0 Å². The van der Waals surface area contributed by atoms with Crippen molar-refractivity contribution in [3.05, 3.63) is 52.7 Å². The van der Waals surface area contributed by atoms with Crippen molar-refractivity contribution in [1.82, 2.24) is 9.97 Å². The molecule has 3 aromatic rings. The van der Waals surface area contributed by atoms with Gasteiger partial charge in [-0.1, -0.05) is 30.3 Å². The third-order valence-corrected chi connectivity index (χ3v) is 5.91. The van der Waals surface area contributed by atoms with Gasteiger partial charge in [-0.3, -0.25) is 0 Å². The molecule has 2 heterocycles. The first-order valence-corrected chi connectivity index (χ1v) is 9.73. The molecule has 26 heavy (non-hydrogen) atoms. The highest BCUT2D eigenvalue weighted by atomic mass is 32.1. The van der Waals surface area contributed by atoms with Crippen molar-refractivity contribution in [2.45, 2.75) is 32.7 Å². The number of nitrogens with zero attached hydrogens (tertiary/aromatic N) is 2. The summed E-state index contributed by atoms with van der Waals surface area (Å²) in [6.45, 7) is 4.11. The summed E-state index contributed by atoms with van der Waals surface area (Å²) in [5.74, 6) is 1.12. The topological polar surface area (TPSA) is 64.1 Å². The van der Waals surface area contributed by atoms with Gasteiger partial charge in [0, 0.05) is 0 Å². The molecule has 0 aliphatic heterocycles. The largest absolute Gasteiger partial charge is 0.462 e. The number of anilines is 1. The highest BCUT2D eigenvalue weighted by Gasteiger charge is 2.33. The Balaban J connectivity index is 1.73. The summed E-state index contributed by atoms with van der Waals surface area (Å²) in [5, 5.41) is 4.55. The second kappa shape index (κ2) is 7.03. The molecule has 1 aliphatic rings. The van der Waals surface area contributed by atoms with Crippen LogP contribution in [-0.2, 0) is 4.74 Å². The number of carbonyl (C=O) groups excluding carboxylic acids is 1. The number of aryl methyl sites for hydroxylation is 1. The number of fused-ring (bicyclic) bond motifs is 1. The van der Waals surface area contributed by atoms with Gasteiger partial charge in [0.15, 0.2) is 0 Å². The summed E-state index contributed by atoms with van der Waals surface area (Å²) in [5.41, 5.74) is 2.15. The third kappa shape index (κ3) is 3.17. The van der Waals surface area contributed by atoms with E-state index in [2.05, 4.69) is 39.6 Å². The van der Waals surface area contributed by atoms with E-state index in [0.29, 0.717) is 17.4 Å². The summed E-state index contributed by atoms with van der Waals surface area (Å²) >= 11 is 1.37. The van der Waals surface area contributed by atoms with Gasteiger partial charge in [-0.05, 0) is 43.7 Å². The first-order chi connectivity index (χ1) is 12.7. The zero-order chi connectivity index (χ0) is 18.1. The quantitative estimate of drug-likeness (QED) is 0.638. The number of hydrogen-bond acceptors (Lipinski definition) is 6. The van der Waals surface area contributed by atoms with Gasteiger partial charge in [0.1, 0.15) is 21.9 Å². The molecule has 1 saturated carbocycles. The van der Waals surface area contributed by atoms with Gasteiger partial charge in [-0.2, -0.15) is 0 Å². The van der Waals surface area contributed by atoms with Crippen LogP contribution in [0.3, 0.4) is 0 Å². The van der Waals surface area contributed by atoms with Crippen molar-refractivity contribution in [2.24, 2.45) is 5.92 Å². The Morgan fingerprint density at radius 2 is 2.08 bits per heavy atom. The van der Waals surface area contributed by atoms with E-state index in [1.807, 2.05) is 19.9 Å². The van der Waals surface area contributed by atoms with Gasteiger partial charge in [0.05, 0.1) is 18.0 Å². The van der Waals surface area contributed by atoms with Gasteiger partial charge in [0.2, 0.25) is 0 Å². The third-order valence-electron chi connectivity index (χ3n) is 4.73. The maximum Gasteiger partial charge on any atom is 0.348 e. The molecule has 4 rings (SSSR count). The first-order valence-electron chi connectivity index (χ1n) is 8.91. The summed E-state index contributed by atoms with van der Waals surface area (Å²) < 4.78 is 5.18. The zero-order valence-electron chi connectivity index (χ0n) is 14.9. The van der Waals surface area contributed by atoms with Gasteiger partial charge >= 0.3 is 5.97 Å². The van der Waals surface area contributed by atoms with Gasteiger partial charge in [-0.25, -0.2) is 14.8 Å². The van der Waals surface area contributed by atoms with Crippen LogP contribution in [0.1, 0.15) is 46.6 Å². The van der Waals surface area contributed by atoms with Crippen LogP contribution in [0.25, 0.3) is 10.2 Å². The van der Waals surface area contributed by atoms with Crippen molar-refractivity contribution in [1.29, 1.82) is 0 Å². The Labute approximate surface area is 156 Å². The van der Waals surface area contributed by atoms with Crippen LogP contribution in [0.5, 0.6) is 0 Å². The van der Waals surface area contributed by atoms with Crippen LogP contribution in [0, 0.1) is 12.8 Å². The monoisotopic (exact) mass is 367 g/mol. The van der Waals surface area contributed by atoms with Crippen molar-refractivity contribution < 1.29 is 9.53 Å². The maximum atomic E-state index is 12.2. The van der Waals surface area contributed by atoms with Gasteiger partial charge in [0.25, 0.3) is 0 Å². The molecule has 2 aromatic heterocycles. The highest BCUT2D eigenvalue weighted by molar-refractivity contribution is 7.20. The molecule has 0 spiro atoms. The van der Waals surface area contributed by atoms with Crippen LogP contribution in [0.4, 0.5) is 5.82 Å². The number of nitrogens with one attached hydrogen (secondary N) is 1. The molecule has 1 N–H and O–H groups in total.